The number of rotatable bonds is 7. The van der Waals surface area contributed by atoms with Crippen LogP contribution in [-0.4, -0.2) is 26.2 Å². The van der Waals surface area contributed by atoms with Gasteiger partial charge in [0.15, 0.2) is 10.8 Å². The van der Waals surface area contributed by atoms with E-state index >= 15 is 0 Å². The standard InChI is InChI=1S/C12H15F2N5O2S/c1-6(2)10-16-8(21-19-10)5-3-4-7(20)15-12-18-17-11(22-12)9(13)14/h6,9H,3-5H2,1-2H3,(H,15,18,20). The normalized spacial score (nSPS) is 11.4. The second kappa shape index (κ2) is 7.34. The molecule has 0 aliphatic carbocycles. The molecule has 1 N–H and O–H groups in total. The summed E-state index contributed by atoms with van der Waals surface area (Å²) in [6.07, 6.45) is -1.50. The Morgan fingerprint density at radius 2 is 2.14 bits per heavy atom. The summed E-state index contributed by atoms with van der Waals surface area (Å²) in [6.45, 7) is 3.91. The molecule has 0 radical (unpaired) electrons. The highest BCUT2D eigenvalue weighted by molar-refractivity contribution is 7.15. The van der Waals surface area contributed by atoms with Gasteiger partial charge in [0.2, 0.25) is 16.9 Å². The molecule has 2 rings (SSSR count). The molecule has 22 heavy (non-hydrogen) atoms. The van der Waals surface area contributed by atoms with Crippen LogP contribution in [0.2, 0.25) is 0 Å². The predicted octanol–water partition coefficient (Wildman–Crippen LogP) is 2.94. The van der Waals surface area contributed by atoms with Gasteiger partial charge in [-0.1, -0.05) is 30.3 Å². The molecular formula is C12H15F2N5O2S. The van der Waals surface area contributed by atoms with Gasteiger partial charge in [0, 0.05) is 18.8 Å². The number of nitrogens with zero attached hydrogens (tertiary/aromatic N) is 4. The number of nitrogens with one attached hydrogen (secondary N) is 1. The highest BCUT2D eigenvalue weighted by Crippen LogP contribution is 2.25. The Morgan fingerprint density at radius 1 is 1.36 bits per heavy atom. The summed E-state index contributed by atoms with van der Waals surface area (Å²) in [5.74, 6) is 0.975. The van der Waals surface area contributed by atoms with Gasteiger partial charge in [-0.05, 0) is 6.42 Å². The van der Waals surface area contributed by atoms with E-state index < -0.39 is 11.4 Å². The fraction of sp³-hybridized carbons (Fsp3) is 0.583. The Kier molecular flexibility index (Phi) is 5.47. The molecule has 10 heteroatoms. The summed E-state index contributed by atoms with van der Waals surface area (Å²) >= 11 is 0.661. The first-order valence-corrected chi connectivity index (χ1v) is 7.51. The van der Waals surface area contributed by atoms with Gasteiger partial charge in [-0.2, -0.15) is 4.98 Å². The van der Waals surface area contributed by atoms with Crippen LogP contribution in [0, 0.1) is 0 Å². The molecule has 0 bridgehead atoms. The van der Waals surface area contributed by atoms with Crippen LogP contribution >= 0.6 is 11.3 Å². The van der Waals surface area contributed by atoms with Crippen LogP contribution in [-0.2, 0) is 11.2 Å². The largest absolute Gasteiger partial charge is 0.339 e. The minimum Gasteiger partial charge on any atom is -0.339 e. The van der Waals surface area contributed by atoms with Gasteiger partial charge in [-0.25, -0.2) is 8.78 Å². The van der Waals surface area contributed by atoms with E-state index in [-0.39, 0.29) is 23.4 Å². The van der Waals surface area contributed by atoms with E-state index in [4.69, 9.17) is 4.52 Å². The Labute approximate surface area is 129 Å². The van der Waals surface area contributed by atoms with E-state index in [0.717, 1.165) is 0 Å². The number of alkyl halides is 2. The molecule has 0 spiro atoms. The van der Waals surface area contributed by atoms with Crippen LogP contribution in [0.3, 0.4) is 0 Å². The lowest BCUT2D eigenvalue weighted by molar-refractivity contribution is -0.116. The minimum atomic E-state index is -2.68. The number of hydrogen-bond acceptors (Lipinski definition) is 7. The summed E-state index contributed by atoms with van der Waals surface area (Å²) in [5, 5.41) is 12.7. The van der Waals surface area contributed by atoms with Gasteiger partial charge in [0.1, 0.15) is 0 Å². The first kappa shape index (κ1) is 16.4. The zero-order chi connectivity index (χ0) is 16.1. The molecule has 0 aromatic carbocycles. The van der Waals surface area contributed by atoms with Crippen molar-refractivity contribution in [3.05, 3.63) is 16.7 Å². The van der Waals surface area contributed by atoms with Crippen molar-refractivity contribution < 1.29 is 18.1 Å². The van der Waals surface area contributed by atoms with Crippen molar-refractivity contribution in [3.8, 4) is 0 Å². The second-order valence-corrected chi connectivity index (χ2v) is 5.86. The topological polar surface area (TPSA) is 93.8 Å². The summed E-state index contributed by atoms with van der Waals surface area (Å²) in [5.41, 5.74) is 0. The number of aromatic nitrogens is 4. The highest BCUT2D eigenvalue weighted by Gasteiger charge is 2.15. The van der Waals surface area contributed by atoms with Crippen molar-refractivity contribution in [1.82, 2.24) is 20.3 Å². The molecule has 120 valence electrons. The van der Waals surface area contributed by atoms with Crippen LogP contribution in [0.25, 0.3) is 0 Å². The van der Waals surface area contributed by atoms with Gasteiger partial charge >= 0.3 is 0 Å². The van der Waals surface area contributed by atoms with E-state index in [1.807, 2.05) is 13.8 Å². The van der Waals surface area contributed by atoms with E-state index in [1.165, 1.54) is 0 Å². The molecule has 0 atom stereocenters. The molecule has 2 heterocycles. The van der Waals surface area contributed by atoms with Crippen LogP contribution in [0.5, 0.6) is 0 Å². The van der Waals surface area contributed by atoms with Crippen molar-refractivity contribution in [2.45, 2.75) is 45.5 Å². The third-order valence-electron chi connectivity index (χ3n) is 2.67. The summed E-state index contributed by atoms with van der Waals surface area (Å²) < 4.78 is 29.7. The van der Waals surface area contributed by atoms with E-state index in [0.29, 0.717) is 35.9 Å². The van der Waals surface area contributed by atoms with Crippen molar-refractivity contribution >= 4 is 22.4 Å². The number of amides is 1. The molecule has 0 saturated heterocycles. The SMILES string of the molecule is CC(C)c1noc(CCCC(=O)Nc2nnc(C(F)F)s2)n1. The van der Waals surface area contributed by atoms with Gasteiger partial charge in [-0.3, -0.25) is 4.79 Å². The average molecular weight is 331 g/mol. The monoisotopic (exact) mass is 331 g/mol. The molecule has 0 fully saturated rings. The number of aryl methyl sites for hydroxylation is 1. The zero-order valence-corrected chi connectivity index (χ0v) is 12.9. The molecule has 2 aromatic rings. The fourth-order valence-corrected chi connectivity index (χ4v) is 2.17. The highest BCUT2D eigenvalue weighted by atomic mass is 32.1. The molecule has 0 aliphatic heterocycles. The van der Waals surface area contributed by atoms with Crippen molar-refractivity contribution in [3.63, 3.8) is 0 Å². The maximum absolute atomic E-state index is 12.3. The lowest BCUT2D eigenvalue weighted by Crippen LogP contribution is -2.11. The molecule has 0 saturated carbocycles. The molecule has 7 nitrogen and oxygen atoms in total. The number of hydrogen-bond donors (Lipinski definition) is 1. The zero-order valence-electron chi connectivity index (χ0n) is 12.0. The third-order valence-corrected chi connectivity index (χ3v) is 3.51. The van der Waals surface area contributed by atoms with Crippen LogP contribution < -0.4 is 5.32 Å². The number of halogens is 2. The summed E-state index contributed by atoms with van der Waals surface area (Å²) in [6, 6.07) is 0. The quantitative estimate of drug-likeness (QED) is 0.838. The smallest absolute Gasteiger partial charge is 0.291 e. The van der Waals surface area contributed by atoms with Crippen molar-refractivity contribution in [2.24, 2.45) is 0 Å². The average Bonchev–Trinajstić information content (AvgIpc) is 3.07. The maximum atomic E-state index is 12.3. The minimum absolute atomic E-state index is 0.0696. The molecule has 0 unspecified atom stereocenters. The molecular weight excluding hydrogens is 316 g/mol. The number of carbonyl (C=O) groups excluding carboxylic acids is 1. The second-order valence-electron chi connectivity index (χ2n) is 4.85. The first-order valence-electron chi connectivity index (χ1n) is 6.69. The molecule has 2 aromatic heterocycles. The van der Waals surface area contributed by atoms with E-state index in [9.17, 15) is 13.6 Å². The van der Waals surface area contributed by atoms with Crippen LogP contribution in [0.15, 0.2) is 4.52 Å². The Bertz CT molecular complexity index is 629. The van der Waals surface area contributed by atoms with E-state index in [2.05, 4.69) is 25.7 Å². The van der Waals surface area contributed by atoms with Crippen LogP contribution in [0.4, 0.5) is 13.9 Å². The molecule has 1 amide bonds. The van der Waals surface area contributed by atoms with Gasteiger partial charge in [0.25, 0.3) is 6.43 Å². The number of carbonyl (C=O) groups is 1. The van der Waals surface area contributed by atoms with Gasteiger partial charge < -0.3 is 9.84 Å². The van der Waals surface area contributed by atoms with Gasteiger partial charge in [-0.15, -0.1) is 10.2 Å². The summed E-state index contributed by atoms with van der Waals surface area (Å²) in [4.78, 5) is 15.9. The lowest BCUT2D eigenvalue weighted by Gasteiger charge is -1.99. The van der Waals surface area contributed by atoms with Gasteiger partial charge in [0.05, 0.1) is 0 Å². The van der Waals surface area contributed by atoms with Crippen molar-refractivity contribution in [2.75, 3.05) is 5.32 Å². The number of anilines is 1. The maximum Gasteiger partial charge on any atom is 0.291 e. The fourth-order valence-electron chi connectivity index (χ4n) is 1.56. The first-order chi connectivity index (χ1) is 10.5. The lowest BCUT2D eigenvalue weighted by atomic mass is 10.2. The Morgan fingerprint density at radius 3 is 2.73 bits per heavy atom. The summed E-state index contributed by atoms with van der Waals surface area (Å²) in [7, 11) is 0. The van der Waals surface area contributed by atoms with Crippen molar-refractivity contribution in [1.29, 1.82) is 0 Å². The Balaban J connectivity index is 1.75. The van der Waals surface area contributed by atoms with E-state index in [1.54, 1.807) is 0 Å². The van der Waals surface area contributed by atoms with Crippen LogP contribution in [0.1, 0.15) is 55.8 Å². The third kappa shape index (κ3) is 4.52. The predicted molar refractivity (Wildman–Crippen MR) is 74.8 cm³/mol. The Hall–Kier alpha value is -1.97. The molecule has 0 aliphatic rings.